The zero-order valence-electron chi connectivity index (χ0n) is 17.6. The summed E-state index contributed by atoms with van der Waals surface area (Å²) < 4.78 is 0. The van der Waals surface area contributed by atoms with Gasteiger partial charge in [0.1, 0.15) is 12.1 Å². The predicted molar refractivity (Wildman–Crippen MR) is 112 cm³/mol. The molecule has 1 aromatic rings. The van der Waals surface area contributed by atoms with E-state index in [1.807, 2.05) is 24.0 Å². The number of carbonyl (C=O) groups excluding carboxylic acids is 3. The highest BCUT2D eigenvalue weighted by atomic mass is 16.2. The molecule has 1 aromatic carbocycles. The van der Waals surface area contributed by atoms with E-state index in [0.29, 0.717) is 36.1 Å². The van der Waals surface area contributed by atoms with Crippen molar-refractivity contribution in [3.05, 3.63) is 29.8 Å². The van der Waals surface area contributed by atoms with Crippen molar-refractivity contribution in [1.82, 2.24) is 9.80 Å². The SMILES string of the molecule is C[C@@H]1C[C@@H](C)CN(C(=O)[C@@H](C)N2C(=O)[C@H]3CCCCN3C(=O)c3ccccc32)C1. The fraction of sp³-hybridized carbons (Fsp3) is 0.609. The number of fused-ring (bicyclic) bond motifs is 2. The second-order valence-electron chi connectivity index (χ2n) is 9.10. The lowest BCUT2D eigenvalue weighted by molar-refractivity contribution is -0.137. The van der Waals surface area contributed by atoms with E-state index in [4.69, 9.17) is 0 Å². The van der Waals surface area contributed by atoms with Crippen LogP contribution in [0.5, 0.6) is 0 Å². The number of hydrogen-bond acceptors (Lipinski definition) is 3. The van der Waals surface area contributed by atoms with E-state index in [1.54, 1.807) is 21.9 Å². The van der Waals surface area contributed by atoms with Gasteiger partial charge in [0.05, 0.1) is 11.3 Å². The number of para-hydroxylation sites is 1. The zero-order valence-corrected chi connectivity index (χ0v) is 17.6. The lowest BCUT2D eigenvalue weighted by Gasteiger charge is -2.40. The molecule has 2 fully saturated rings. The molecule has 3 aliphatic heterocycles. The standard InChI is InChI=1S/C23H31N3O3/c1-15-12-16(2)14-24(13-15)21(27)17(3)26-19-9-5-4-8-18(19)22(28)25-11-7-6-10-20(25)23(26)29/h4-5,8-9,15-17,20H,6-7,10-14H2,1-3H3/t15-,16-,17-,20-/m1/s1. The molecule has 4 atom stereocenters. The van der Waals surface area contributed by atoms with Crippen LogP contribution in [0.4, 0.5) is 5.69 Å². The number of rotatable bonds is 2. The number of anilines is 1. The molecule has 0 spiro atoms. The molecule has 0 unspecified atom stereocenters. The van der Waals surface area contributed by atoms with E-state index in [2.05, 4.69) is 13.8 Å². The molecule has 0 bridgehead atoms. The molecular weight excluding hydrogens is 366 g/mol. The van der Waals surface area contributed by atoms with Gasteiger partial charge in [-0.25, -0.2) is 0 Å². The van der Waals surface area contributed by atoms with E-state index in [9.17, 15) is 14.4 Å². The summed E-state index contributed by atoms with van der Waals surface area (Å²) >= 11 is 0. The number of amides is 3. The van der Waals surface area contributed by atoms with Crippen molar-refractivity contribution in [2.45, 2.75) is 58.5 Å². The highest BCUT2D eigenvalue weighted by Crippen LogP contribution is 2.34. The van der Waals surface area contributed by atoms with E-state index in [-0.39, 0.29) is 17.7 Å². The molecule has 3 amide bonds. The largest absolute Gasteiger partial charge is 0.340 e. The number of benzene rings is 1. The average molecular weight is 398 g/mol. The van der Waals surface area contributed by atoms with Gasteiger partial charge < -0.3 is 9.80 Å². The zero-order chi connectivity index (χ0) is 20.7. The first-order valence-corrected chi connectivity index (χ1v) is 10.9. The third-order valence-corrected chi connectivity index (χ3v) is 6.61. The number of carbonyl (C=O) groups is 3. The molecule has 6 nitrogen and oxygen atoms in total. The summed E-state index contributed by atoms with van der Waals surface area (Å²) in [7, 11) is 0. The van der Waals surface area contributed by atoms with Crippen LogP contribution < -0.4 is 4.90 Å². The summed E-state index contributed by atoms with van der Waals surface area (Å²) in [6.45, 7) is 8.21. The maximum Gasteiger partial charge on any atom is 0.256 e. The highest BCUT2D eigenvalue weighted by molar-refractivity contribution is 6.13. The second kappa shape index (κ2) is 7.81. The lowest BCUT2D eigenvalue weighted by Crippen LogP contribution is -2.57. The Morgan fingerprint density at radius 1 is 1.07 bits per heavy atom. The Bertz CT molecular complexity index is 813. The van der Waals surface area contributed by atoms with Gasteiger partial charge in [-0.2, -0.15) is 0 Å². The van der Waals surface area contributed by atoms with E-state index < -0.39 is 12.1 Å². The second-order valence-corrected chi connectivity index (χ2v) is 9.10. The Morgan fingerprint density at radius 3 is 2.48 bits per heavy atom. The van der Waals surface area contributed by atoms with Crippen molar-refractivity contribution >= 4 is 23.4 Å². The Labute approximate surface area is 172 Å². The van der Waals surface area contributed by atoms with Gasteiger partial charge in [0, 0.05) is 19.6 Å². The van der Waals surface area contributed by atoms with Gasteiger partial charge in [-0.3, -0.25) is 19.3 Å². The van der Waals surface area contributed by atoms with Gasteiger partial charge in [-0.1, -0.05) is 26.0 Å². The van der Waals surface area contributed by atoms with Crippen LogP contribution in [0.15, 0.2) is 24.3 Å². The molecule has 0 N–H and O–H groups in total. The van der Waals surface area contributed by atoms with E-state index in [1.165, 1.54) is 0 Å². The third kappa shape index (κ3) is 3.53. The van der Waals surface area contributed by atoms with Crippen LogP contribution >= 0.6 is 0 Å². The Morgan fingerprint density at radius 2 is 1.76 bits per heavy atom. The molecule has 0 saturated carbocycles. The number of nitrogens with zero attached hydrogens (tertiary/aromatic N) is 3. The third-order valence-electron chi connectivity index (χ3n) is 6.61. The summed E-state index contributed by atoms with van der Waals surface area (Å²) in [6, 6.07) is 6.13. The van der Waals surface area contributed by atoms with Crippen LogP contribution in [0, 0.1) is 11.8 Å². The first-order valence-electron chi connectivity index (χ1n) is 10.9. The molecule has 4 rings (SSSR count). The molecule has 2 saturated heterocycles. The summed E-state index contributed by atoms with van der Waals surface area (Å²) in [5.41, 5.74) is 1.08. The van der Waals surface area contributed by atoms with Crippen LogP contribution in [0.2, 0.25) is 0 Å². The lowest BCUT2D eigenvalue weighted by atomic mass is 9.91. The van der Waals surface area contributed by atoms with Gasteiger partial charge in [-0.15, -0.1) is 0 Å². The van der Waals surface area contributed by atoms with Crippen LogP contribution in [0.25, 0.3) is 0 Å². The molecule has 3 aliphatic rings. The fourth-order valence-electron chi connectivity index (χ4n) is 5.35. The topological polar surface area (TPSA) is 60.9 Å². The summed E-state index contributed by atoms with van der Waals surface area (Å²) in [5.74, 6) is 0.668. The van der Waals surface area contributed by atoms with Crippen molar-refractivity contribution in [1.29, 1.82) is 0 Å². The number of hydrogen-bond donors (Lipinski definition) is 0. The van der Waals surface area contributed by atoms with Gasteiger partial charge in [0.15, 0.2) is 0 Å². The maximum atomic E-state index is 13.6. The molecule has 156 valence electrons. The molecule has 0 aromatic heterocycles. The molecule has 0 aliphatic carbocycles. The smallest absolute Gasteiger partial charge is 0.256 e. The molecular formula is C23H31N3O3. The van der Waals surface area contributed by atoms with E-state index in [0.717, 1.165) is 32.4 Å². The van der Waals surface area contributed by atoms with Crippen LogP contribution in [-0.2, 0) is 9.59 Å². The monoisotopic (exact) mass is 397 g/mol. The van der Waals surface area contributed by atoms with Crippen molar-refractivity contribution in [3.8, 4) is 0 Å². The van der Waals surface area contributed by atoms with Crippen molar-refractivity contribution < 1.29 is 14.4 Å². The first-order chi connectivity index (χ1) is 13.9. The van der Waals surface area contributed by atoms with Gasteiger partial charge in [0.25, 0.3) is 11.8 Å². The molecule has 3 heterocycles. The Hall–Kier alpha value is -2.37. The van der Waals surface area contributed by atoms with Gasteiger partial charge in [-0.05, 0) is 56.6 Å². The Balaban J connectivity index is 1.70. The number of piperidine rings is 2. The minimum atomic E-state index is -0.629. The molecule has 29 heavy (non-hydrogen) atoms. The molecule has 6 heteroatoms. The quantitative estimate of drug-likeness (QED) is 0.771. The predicted octanol–water partition coefficient (Wildman–Crippen LogP) is 2.92. The highest BCUT2D eigenvalue weighted by Gasteiger charge is 2.44. The van der Waals surface area contributed by atoms with Gasteiger partial charge in [0.2, 0.25) is 5.91 Å². The van der Waals surface area contributed by atoms with Crippen LogP contribution in [-0.4, -0.2) is 59.2 Å². The maximum absolute atomic E-state index is 13.6. The minimum absolute atomic E-state index is 0.0248. The Kier molecular flexibility index (Phi) is 5.36. The van der Waals surface area contributed by atoms with Gasteiger partial charge >= 0.3 is 0 Å². The van der Waals surface area contributed by atoms with Crippen molar-refractivity contribution in [3.63, 3.8) is 0 Å². The summed E-state index contributed by atoms with van der Waals surface area (Å²) in [4.78, 5) is 45.5. The van der Waals surface area contributed by atoms with E-state index >= 15 is 0 Å². The normalized spacial score (nSPS) is 28.5. The summed E-state index contributed by atoms with van der Waals surface area (Å²) in [5, 5.41) is 0. The molecule has 0 radical (unpaired) electrons. The fourth-order valence-corrected chi connectivity index (χ4v) is 5.35. The van der Waals surface area contributed by atoms with Crippen LogP contribution in [0.1, 0.15) is 56.8 Å². The minimum Gasteiger partial charge on any atom is -0.340 e. The number of likely N-dealkylation sites (tertiary alicyclic amines) is 1. The van der Waals surface area contributed by atoms with Crippen LogP contribution in [0.3, 0.4) is 0 Å². The first kappa shape index (κ1) is 19.9. The summed E-state index contributed by atoms with van der Waals surface area (Å²) in [6.07, 6.45) is 3.62. The average Bonchev–Trinajstić information content (AvgIpc) is 2.80. The van der Waals surface area contributed by atoms with Crippen molar-refractivity contribution in [2.75, 3.05) is 24.5 Å². The van der Waals surface area contributed by atoms with Crippen molar-refractivity contribution in [2.24, 2.45) is 11.8 Å².